The Balaban J connectivity index is 1.93. The van der Waals surface area contributed by atoms with Gasteiger partial charge in [-0.3, -0.25) is 4.79 Å². The molecule has 0 aliphatic carbocycles. The van der Waals surface area contributed by atoms with E-state index in [1.54, 1.807) is 12.3 Å². The molecule has 0 spiro atoms. The van der Waals surface area contributed by atoms with E-state index in [2.05, 4.69) is 10.3 Å². The first kappa shape index (κ1) is 12.8. The molecule has 0 saturated heterocycles. The monoisotopic (exact) mass is 265 g/mol. The fraction of sp³-hybridized carbons (Fsp3) is 0.333. The van der Waals surface area contributed by atoms with Crippen molar-refractivity contribution in [1.29, 1.82) is 0 Å². The minimum absolute atomic E-state index is 0.0331. The van der Waals surface area contributed by atoms with Gasteiger partial charge in [-0.05, 0) is 25.5 Å². The normalized spacial score (nSPS) is 12.3. The van der Waals surface area contributed by atoms with Crippen LogP contribution in [-0.2, 0) is 4.79 Å². The van der Waals surface area contributed by atoms with Gasteiger partial charge in [0.25, 0.3) is 0 Å². The van der Waals surface area contributed by atoms with Gasteiger partial charge in [0, 0.05) is 17.8 Å². The highest BCUT2D eigenvalue weighted by Crippen LogP contribution is 2.25. The zero-order valence-corrected chi connectivity index (χ0v) is 10.9. The number of nitrogens with one attached hydrogen (secondary N) is 1. The Morgan fingerprint density at radius 2 is 2.50 bits per heavy atom. The molecule has 0 aromatic carbocycles. The van der Waals surface area contributed by atoms with E-state index in [1.807, 2.05) is 18.4 Å². The number of rotatable bonds is 5. The third kappa shape index (κ3) is 3.41. The number of carbonyl (C=O) groups is 1. The average Bonchev–Trinajstić information content (AvgIpc) is 2.95. The van der Waals surface area contributed by atoms with Crippen LogP contribution in [0.15, 0.2) is 28.2 Å². The molecule has 2 aromatic rings. The van der Waals surface area contributed by atoms with Crippen molar-refractivity contribution in [2.75, 3.05) is 5.32 Å². The smallest absolute Gasteiger partial charge is 0.226 e. The molecule has 6 heteroatoms. The van der Waals surface area contributed by atoms with E-state index in [-0.39, 0.29) is 11.9 Å². The largest absolute Gasteiger partial charge is 0.463 e. The zero-order chi connectivity index (χ0) is 13.0. The molecule has 1 atom stereocenters. The summed E-state index contributed by atoms with van der Waals surface area (Å²) in [6, 6.07) is 3.66. The minimum Gasteiger partial charge on any atom is -0.463 e. The maximum absolute atomic E-state index is 11.6. The maximum Gasteiger partial charge on any atom is 0.226 e. The quantitative estimate of drug-likeness (QED) is 0.870. The fourth-order valence-corrected chi connectivity index (χ4v) is 2.13. The number of hydrogen-bond donors (Lipinski definition) is 2. The Hall–Kier alpha value is -1.66. The molecule has 0 saturated carbocycles. The Labute approximate surface area is 109 Å². The number of furan rings is 1. The summed E-state index contributed by atoms with van der Waals surface area (Å²) in [5.74, 6) is 0.634. The lowest BCUT2D eigenvalue weighted by atomic mass is 10.2. The summed E-state index contributed by atoms with van der Waals surface area (Å²) in [6.45, 7) is 1.88. The number of hydrogen-bond acceptors (Lipinski definition) is 5. The van der Waals surface area contributed by atoms with Crippen LogP contribution in [0.1, 0.15) is 19.8 Å². The number of carbonyl (C=O) groups excluding carboxylic acids is 1. The Morgan fingerprint density at radius 3 is 3.17 bits per heavy atom. The Morgan fingerprint density at radius 1 is 1.67 bits per heavy atom. The number of anilines is 1. The van der Waals surface area contributed by atoms with Crippen LogP contribution >= 0.6 is 11.3 Å². The molecular weight excluding hydrogens is 250 g/mol. The van der Waals surface area contributed by atoms with Gasteiger partial charge in [-0.15, -0.1) is 11.3 Å². The molecule has 2 rings (SSSR count). The summed E-state index contributed by atoms with van der Waals surface area (Å²) in [5, 5.41) is 5.18. The van der Waals surface area contributed by atoms with Crippen molar-refractivity contribution < 1.29 is 9.21 Å². The van der Waals surface area contributed by atoms with Crippen molar-refractivity contribution in [2.45, 2.75) is 25.8 Å². The van der Waals surface area contributed by atoms with Gasteiger partial charge in [-0.2, -0.15) is 0 Å². The first-order chi connectivity index (χ1) is 8.65. The van der Waals surface area contributed by atoms with Crippen LogP contribution in [0.25, 0.3) is 11.5 Å². The van der Waals surface area contributed by atoms with Crippen LogP contribution in [0.5, 0.6) is 0 Å². The molecule has 18 heavy (non-hydrogen) atoms. The van der Waals surface area contributed by atoms with Gasteiger partial charge in [-0.1, -0.05) is 0 Å². The first-order valence-corrected chi connectivity index (χ1v) is 6.58. The fourth-order valence-electron chi connectivity index (χ4n) is 1.41. The molecule has 3 N–H and O–H groups in total. The van der Waals surface area contributed by atoms with Crippen molar-refractivity contribution in [2.24, 2.45) is 5.73 Å². The number of nitrogens with two attached hydrogens (primary N) is 1. The van der Waals surface area contributed by atoms with E-state index in [1.165, 1.54) is 11.3 Å². The van der Waals surface area contributed by atoms with E-state index in [0.717, 1.165) is 5.69 Å². The Bertz CT molecular complexity index is 505. The number of nitrogens with zero attached hydrogens (tertiary/aromatic N) is 1. The van der Waals surface area contributed by atoms with Crippen molar-refractivity contribution in [1.82, 2.24) is 4.98 Å². The van der Waals surface area contributed by atoms with Crippen molar-refractivity contribution >= 4 is 22.4 Å². The molecular formula is C12H15N3O2S. The summed E-state index contributed by atoms with van der Waals surface area (Å²) in [5.41, 5.74) is 6.33. The van der Waals surface area contributed by atoms with Crippen LogP contribution in [0.2, 0.25) is 0 Å². The minimum atomic E-state index is -0.0624. The SMILES string of the molecule is CC(N)CCC(=O)Nc1nc(-c2ccco2)cs1. The number of aromatic nitrogens is 1. The summed E-state index contributed by atoms with van der Waals surface area (Å²) in [7, 11) is 0. The Kier molecular flexibility index (Phi) is 4.11. The number of thiazole rings is 1. The highest BCUT2D eigenvalue weighted by Gasteiger charge is 2.09. The topological polar surface area (TPSA) is 81.2 Å². The zero-order valence-electron chi connectivity index (χ0n) is 10.1. The van der Waals surface area contributed by atoms with Gasteiger partial charge < -0.3 is 15.5 Å². The second-order valence-corrected chi connectivity index (χ2v) is 4.94. The van der Waals surface area contributed by atoms with Crippen LogP contribution < -0.4 is 11.1 Å². The lowest BCUT2D eigenvalue weighted by molar-refractivity contribution is -0.116. The first-order valence-electron chi connectivity index (χ1n) is 5.70. The van der Waals surface area contributed by atoms with Gasteiger partial charge >= 0.3 is 0 Å². The van der Waals surface area contributed by atoms with Crippen LogP contribution in [0, 0.1) is 0 Å². The van der Waals surface area contributed by atoms with Gasteiger partial charge in [0.15, 0.2) is 10.9 Å². The third-order valence-electron chi connectivity index (χ3n) is 2.35. The standard InChI is InChI=1S/C12H15N3O2S/c1-8(13)4-5-11(16)15-12-14-9(7-18-12)10-3-2-6-17-10/h2-3,6-8H,4-5,13H2,1H3,(H,14,15,16). The molecule has 1 unspecified atom stereocenters. The molecule has 0 bridgehead atoms. The molecule has 0 radical (unpaired) electrons. The predicted octanol–water partition coefficient (Wildman–Crippen LogP) is 2.47. The van der Waals surface area contributed by atoms with Gasteiger partial charge in [-0.25, -0.2) is 4.98 Å². The molecule has 0 aliphatic heterocycles. The lowest BCUT2D eigenvalue weighted by Gasteiger charge is -2.03. The van der Waals surface area contributed by atoms with Crippen LogP contribution in [0.3, 0.4) is 0 Å². The molecule has 1 amide bonds. The molecule has 0 aliphatic rings. The molecule has 96 valence electrons. The maximum atomic E-state index is 11.6. The highest BCUT2D eigenvalue weighted by atomic mass is 32.1. The van der Waals surface area contributed by atoms with E-state index in [9.17, 15) is 4.79 Å². The van der Waals surface area contributed by atoms with E-state index in [0.29, 0.717) is 23.7 Å². The molecule has 0 fully saturated rings. The van der Waals surface area contributed by atoms with Crippen molar-refractivity contribution in [3.8, 4) is 11.5 Å². The van der Waals surface area contributed by atoms with Gasteiger partial charge in [0.1, 0.15) is 5.69 Å². The molecule has 2 aromatic heterocycles. The average molecular weight is 265 g/mol. The van der Waals surface area contributed by atoms with E-state index < -0.39 is 0 Å². The van der Waals surface area contributed by atoms with E-state index >= 15 is 0 Å². The number of amides is 1. The van der Waals surface area contributed by atoms with Crippen LogP contribution in [0.4, 0.5) is 5.13 Å². The summed E-state index contributed by atoms with van der Waals surface area (Å²) in [6.07, 6.45) is 2.67. The summed E-state index contributed by atoms with van der Waals surface area (Å²) in [4.78, 5) is 15.9. The van der Waals surface area contributed by atoms with Crippen molar-refractivity contribution in [3.05, 3.63) is 23.8 Å². The predicted molar refractivity (Wildman–Crippen MR) is 71.3 cm³/mol. The van der Waals surface area contributed by atoms with Gasteiger partial charge in [0.05, 0.1) is 6.26 Å². The van der Waals surface area contributed by atoms with Crippen molar-refractivity contribution in [3.63, 3.8) is 0 Å². The lowest BCUT2D eigenvalue weighted by Crippen LogP contribution is -2.19. The second-order valence-electron chi connectivity index (χ2n) is 4.08. The molecule has 2 heterocycles. The molecule has 5 nitrogen and oxygen atoms in total. The third-order valence-corrected chi connectivity index (χ3v) is 3.11. The summed E-state index contributed by atoms with van der Waals surface area (Å²) < 4.78 is 5.23. The van der Waals surface area contributed by atoms with Crippen LogP contribution in [-0.4, -0.2) is 16.9 Å². The van der Waals surface area contributed by atoms with Gasteiger partial charge in [0.2, 0.25) is 5.91 Å². The van der Waals surface area contributed by atoms with E-state index in [4.69, 9.17) is 10.2 Å². The second kappa shape index (κ2) is 5.79. The summed E-state index contributed by atoms with van der Waals surface area (Å²) >= 11 is 1.38. The highest BCUT2D eigenvalue weighted by molar-refractivity contribution is 7.14.